The molecular weight excluding hydrogens is 514 g/mol. The highest BCUT2D eigenvalue weighted by Crippen LogP contribution is 2.28. The van der Waals surface area contributed by atoms with Crippen LogP contribution in [0.2, 0.25) is 0 Å². The van der Waals surface area contributed by atoms with Gasteiger partial charge in [-0.2, -0.15) is 9.97 Å². The summed E-state index contributed by atoms with van der Waals surface area (Å²) in [6.45, 7) is 8.06. The zero-order valence-electron chi connectivity index (χ0n) is 23.9. The van der Waals surface area contributed by atoms with Crippen molar-refractivity contribution in [2.24, 2.45) is 0 Å². The molecule has 5 rings (SSSR count). The Bertz CT molecular complexity index is 1230. The van der Waals surface area contributed by atoms with Gasteiger partial charge in [0.15, 0.2) is 17.0 Å². The number of carbonyl (C=O) groups excluding carboxylic acids is 2. The molecule has 1 atom stereocenters. The Morgan fingerprint density at radius 3 is 2.52 bits per heavy atom. The molecule has 2 amide bonds. The number of aliphatic hydroxyl groups is 1. The molecule has 13 nitrogen and oxygen atoms in total. The Morgan fingerprint density at radius 2 is 1.85 bits per heavy atom. The number of nitrogens with zero attached hydrogens (tertiary/aromatic N) is 8. The van der Waals surface area contributed by atoms with Crippen molar-refractivity contribution in [3.8, 4) is 0 Å². The van der Waals surface area contributed by atoms with E-state index in [4.69, 9.17) is 14.7 Å². The van der Waals surface area contributed by atoms with E-state index in [2.05, 4.69) is 24.1 Å². The number of piperidine rings is 1. The van der Waals surface area contributed by atoms with E-state index < -0.39 is 0 Å². The Hall–Kier alpha value is -3.45. The number of aromatic nitrogens is 4. The molecule has 1 unspecified atom stereocenters. The highest BCUT2D eigenvalue weighted by molar-refractivity contribution is 5.88. The molecule has 218 valence electrons. The summed E-state index contributed by atoms with van der Waals surface area (Å²) in [6.07, 6.45) is 6.42. The third kappa shape index (κ3) is 6.30. The maximum absolute atomic E-state index is 12.9. The van der Waals surface area contributed by atoms with E-state index in [1.165, 1.54) is 0 Å². The van der Waals surface area contributed by atoms with E-state index in [1.807, 2.05) is 34.5 Å². The predicted molar refractivity (Wildman–Crippen MR) is 151 cm³/mol. The average Bonchev–Trinajstić information content (AvgIpc) is 3.54. The molecule has 0 bridgehead atoms. The van der Waals surface area contributed by atoms with E-state index in [-0.39, 0.29) is 36.3 Å². The van der Waals surface area contributed by atoms with Gasteiger partial charge in [0.05, 0.1) is 19.0 Å². The topological polar surface area (TPSA) is 132 Å². The van der Waals surface area contributed by atoms with Crippen LogP contribution in [-0.2, 0) is 9.53 Å². The Morgan fingerprint density at radius 1 is 1.12 bits per heavy atom. The van der Waals surface area contributed by atoms with Crippen molar-refractivity contribution in [2.75, 3.05) is 70.1 Å². The minimum Gasteiger partial charge on any atom is -0.444 e. The second kappa shape index (κ2) is 12.0. The molecule has 2 aromatic heterocycles. The molecular formula is C27H41N9O4. The molecule has 0 radical (unpaired) electrons. The van der Waals surface area contributed by atoms with E-state index in [1.54, 1.807) is 22.2 Å². The van der Waals surface area contributed by atoms with Gasteiger partial charge in [0, 0.05) is 63.8 Å². The van der Waals surface area contributed by atoms with Crippen molar-refractivity contribution < 1.29 is 19.4 Å². The molecule has 40 heavy (non-hydrogen) atoms. The van der Waals surface area contributed by atoms with Crippen molar-refractivity contribution >= 4 is 34.9 Å². The lowest BCUT2D eigenvalue weighted by Crippen LogP contribution is -2.51. The fourth-order valence-corrected chi connectivity index (χ4v) is 5.25. The summed E-state index contributed by atoms with van der Waals surface area (Å²) >= 11 is 0. The zero-order chi connectivity index (χ0) is 28.4. The van der Waals surface area contributed by atoms with Gasteiger partial charge >= 0.3 is 6.09 Å². The molecule has 3 aliphatic heterocycles. The van der Waals surface area contributed by atoms with Crippen LogP contribution in [0.1, 0.15) is 39.2 Å². The Balaban J connectivity index is 1.15. The van der Waals surface area contributed by atoms with E-state index in [9.17, 15) is 14.7 Å². The molecule has 0 aromatic carbocycles. The predicted octanol–water partition coefficient (Wildman–Crippen LogP) is 1.32. The van der Waals surface area contributed by atoms with Crippen LogP contribution in [0.4, 0.5) is 16.6 Å². The smallest absolute Gasteiger partial charge is 0.410 e. The number of hydrogen-bond acceptors (Lipinski definition) is 10. The number of ether oxygens (including phenoxy) is 1. The minimum atomic E-state index is -0.354. The third-order valence-corrected chi connectivity index (χ3v) is 7.66. The zero-order valence-corrected chi connectivity index (χ0v) is 23.9. The number of likely N-dealkylation sites (N-methyl/N-ethyl adjacent to an activating group) is 1. The number of rotatable bonds is 8. The first-order valence-corrected chi connectivity index (χ1v) is 14.2. The molecule has 5 heterocycles. The van der Waals surface area contributed by atoms with Gasteiger partial charge in [0.1, 0.15) is 6.10 Å². The first-order chi connectivity index (χ1) is 19.2. The van der Waals surface area contributed by atoms with E-state index in [0.29, 0.717) is 64.0 Å². The maximum Gasteiger partial charge on any atom is 0.410 e. The number of β-amino-alcohol motifs (C(OH)–C–C–N with tert-alkyl or cyclic N) is 1. The SMILES string of the molecule is CC(C)n1cnc2c(NC3CCN(C(=O)OC4CCN(C(=O)/C=C/CN(C)C)C4)CC3)nc(N3CC(O)C3)nc21. The summed E-state index contributed by atoms with van der Waals surface area (Å²) < 4.78 is 7.79. The molecule has 2 N–H and O–H groups in total. The van der Waals surface area contributed by atoms with E-state index >= 15 is 0 Å². The minimum absolute atomic E-state index is 0.0437. The lowest BCUT2D eigenvalue weighted by molar-refractivity contribution is -0.125. The summed E-state index contributed by atoms with van der Waals surface area (Å²) in [5.74, 6) is 1.22. The highest BCUT2D eigenvalue weighted by atomic mass is 16.6. The molecule has 3 aliphatic rings. The van der Waals surface area contributed by atoms with Crippen molar-refractivity contribution in [1.82, 2.24) is 34.2 Å². The molecule has 13 heteroatoms. The Labute approximate surface area is 234 Å². The molecule has 0 saturated carbocycles. The molecule has 3 saturated heterocycles. The molecule has 3 fully saturated rings. The van der Waals surface area contributed by atoms with Crippen LogP contribution in [0.3, 0.4) is 0 Å². The van der Waals surface area contributed by atoms with E-state index in [0.717, 1.165) is 24.0 Å². The van der Waals surface area contributed by atoms with Gasteiger partial charge in [0.25, 0.3) is 0 Å². The number of likely N-dealkylation sites (tertiary alicyclic amines) is 2. The van der Waals surface area contributed by atoms with Crippen molar-refractivity contribution in [1.29, 1.82) is 0 Å². The maximum atomic E-state index is 12.9. The normalized spacial score (nSPS) is 20.8. The Kier molecular flexibility index (Phi) is 8.40. The number of aliphatic hydroxyl groups excluding tert-OH is 1. The van der Waals surface area contributed by atoms with Crippen LogP contribution >= 0.6 is 0 Å². The number of imidazole rings is 1. The summed E-state index contributed by atoms with van der Waals surface area (Å²) in [5.41, 5.74) is 1.49. The number of hydrogen-bond donors (Lipinski definition) is 2. The van der Waals surface area contributed by atoms with Crippen LogP contribution in [-0.4, -0.2) is 129 Å². The van der Waals surface area contributed by atoms with Gasteiger partial charge in [-0.25, -0.2) is 9.78 Å². The lowest BCUT2D eigenvalue weighted by atomic mass is 10.1. The van der Waals surface area contributed by atoms with Crippen LogP contribution in [0.15, 0.2) is 18.5 Å². The van der Waals surface area contributed by atoms with Crippen molar-refractivity contribution in [2.45, 2.75) is 57.4 Å². The second-order valence-corrected chi connectivity index (χ2v) is 11.5. The summed E-state index contributed by atoms with van der Waals surface area (Å²) in [4.78, 5) is 46.8. The van der Waals surface area contributed by atoms with Crippen LogP contribution < -0.4 is 10.2 Å². The van der Waals surface area contributed by atoms with Gasteiger partial charge < -0.3 is 39.3 Å². The van der Waals surface area contributed by atoms with Gasteiger partial charge in [0.2, 0.25) is 11.9 Å². The average molecular weight is 556 g/mol. The first-order valence-electron chi connectivity index (χ1n) is 14.2. The number of nitrogens with one attached hydrogen (secondary N) is 1. The fraction of sp³-hybridized carbons (Fsp3) is 0.667. The number of anilines is 2. The molecule has 2 aromatic rings. The third-order valence-electron chi connectivity index (χ3n) is 7.66. The van der Waals surface area contributed by atoms with Gasteiger partial charge in [-0.05, 0) is 40.8 Å². The quantitative estimate of drug-likeness (QED) is 0.460. The number of carbonyl (C=O) groups is 2. The number of fused-ring (bicyclic) bond motifs is 1. The van der Waals surface area contributed by atoms with Gasteiger partial charge in [-0.15, -0.1) is 0 Å². The monoisotopic (exact) mass is 555 g/mol. The largest absolute Gasteiger partial charge is 0.444 e. The van der Waals surface area contributed by atoms with Crippen LogP contribution in [0.25, 0.3) is 11.2 Å². The summed E-state index contributed by atoms with van der Waals surface area (Å²) in [7, 11) is 3.90. The molecule has 0 spiro atoms. The van der Waals surface area contributed by atoms with Gasteiger partial charge in [-0.1, -0.05) is 6.08 Å². The fourth-order valence-electron chi connectivity index (χ4n) is 5.25. The van der Waals surface area contributed by atoms with Gasteiger partial charge in [-0.3, -0.25) is 4.79 Å². The standard InChI is InChI=1S/C27H41N9O4/c1-18(2)36-17-28-23-24(30-26(31-25(23)36)35-14-20(37)15-35)29-19-7-11-33(12-8-19)27(39)40-21-9-13-34(16-21)22(38)6-5-10-32(3)4/h5-6,17-21,37H,7-16H2,1-4H3,(H,29,30,31)/b6-5+. The number of amides is 2. The molecule has 0 aliphatic carbocycles. The first kappa shape index (κ1) is 28.1. The summed E-state index contributed by atoms with van der Waals surface area (Å²) in [6, 6.07) is 0.316. The second-order valence-electron chi connectivity index (χ2n) is 11.5. The van der Waals surface area contributed by atoms with Crippen molar-refractivity contribution in [3.63, 3.8) is 0 Å². The van der Waals surface area contributed by atoms with Crippen LogP contribution in [0.5, 0.6) is 0 Å². The highest BCUT2D eigenvalue weighted by Gasteiger charge is 2.32. The van der Waals surface area contributed by atoms with Crippen molar-refractivity contribution in [3.05, 3.63) is 18.5 Å². The van der Waals surface area contributed by atoms with Crippen LogP contribution in [0, 0.1) is 0 Å². The summed E-state index contributed by atoms with van der Waals surface area (Å²) in [5, 5.41) is 13.3. The lowest BCUT2D eigenvalue weighted by Gasteiger charge is -2.36.